The van der Waals surface area contributed by atoms with Crippen molar-refractivity contribution >= 4 is 12.0 Å². The van der Waals surface area contributed by atoms with E-state index in [1.165, 1.54) is 0 Å². The van der Waals surface area contributed by atoms with Gasteiger partial charge in [-0.25, -0.2) is 9.59 Å². The zero-order chi connectivity index (χ0) is 17.8. The van der Waals surface area contributed by atoms with E-state index in [4.69, 9.17) is 4.74 Å². The summed E-state index contributed by atoms with van der Waals surface area (Å²) >= 11 is 0. The number of hydrogen-bond donors (Lipinski definition) is 1. The van der Waals surface area contributed by atoms with Crippen LogP contribution < -0.4 is 5.32 Å². The fraction of sp³-hybridized carbons (Fsp3) is 0.389. The van der Waals surface area contributed by atoms with E-state index in [9.17, 15) is 9.59 Å². The van der Waals surface area contributed by atoms with Gasteiger partial charge >= 0.3 is 12.0 Å². The third-order valence-corrected chi connectivity index (χ3v) is 4.28. The second kappa shape index (κ2) is 7.38. The maximum absolute atomic E-state index is 12.5. The Morgan fingerprint density at radius 1 is 1.28 bits per heavy atom. The molecule has 2 aromatic rings. The van der Waals surface area contributed by atoms with Gasteiger partial charge in [0.2, 0.25) is 0 Å². The van der Waals surface area contributed by atoms with Gasteiger partial charge in [0.1, 0.15) is 0 Å². The quantitative estimate of drug-likeness (QED) is 0.861. The van der Waals surface area contributed by atoms with Gasteiger partial charge in [-0.05, 0) is 12.5 Å². The Balaban J connectivity index is 1.69. The van der Waals surface area contributed by atoms with E-state index in [1.807, 2.05) is 37.4 Å². The molecular formula is C18H22N4O3. The molecule has 7 heteroatoms. The maximum atomic E-state index is 12.5. The first-order chi connectivity index (χ1) is 12.1. The number of amides is 2. The van der Waals surface area contributed by atoms with Gasteiger partial charge in [-0.3, -0.25) is 4.68 Å². The molecule has 132 valence electrons. The van der Waals surface area contributed by atoms with Gasteiger partial charge < -0.3 is 15.0 Å². The summed E-state index contributed by atoms with van der Waals surface area (Å²) in [6, 6.07) is 9.61. The number of aromatic nitrogens is 2. The number of nitrogens with zero attached hydrogens (tertiary/aromatic N) is 3. The molecule has 2 amide bonds. The lowest BCUT2D eigenvalue weighted by Crippen LogP contribution is -2.42. The number of fused-ring (bicyclic) bond motifs is 1. The average Bonchev–Trinajstić information content (AvgIpc) is 2.97. The third-order valence-electron chi connectivity index (χ3n) is 4.28. The Hall–Kier alpha value is -2.83. The first-order valence-corrected chi connectivity index (χ1v) is 8.38. The van der Waals surface area contributed by atoms with Crippen molar-refractivity contribution in [1.29, 1.82) is 0 Å². The fourth-order valence-corrected chi connectivity index (χ4v) is 3.01. The lowest BCUT2D eigenvalue weighted by molar-refractivity contribution is 0.0516. The molecule has 0 atom stereocenters. The van der Waals surface area contributed by atoms with Gasteiger partial charge in [-0.15, -0.1) is 0 Å². The summed E-state index contributed by atoms with van der Waals surface area (Å²) in [6.45, 7) is 3.48. The van der Waals surface area contributed by atoms with Crippen molar-refractivity contribution in [2.75, 3.05) is 13.2 Å². The predicted octanol–water partition coefficient (Wildman–Crippen LogP) is 1.86. The number of carbonyl (C=O) groups is 2. The van der Waals surface area contributed by atoms with Crippen molar-refractivity contribution in [2.45, 2.75) is 26.4 Å². The van der Waals surface area contributed by atoms with Gasteiger partial charge in [0, 0.05) is 37.8 Å². The molecule has 25 heavy (non-hydrogen) atoms. The van der Waals surface area contributed by atoms with Crippen LogP contribution in [0, 0.1) is 0 Å². The van der Waals surface area contributed by atoms with E-state index in [1.54, 1.807) is 16.5 Å². The van der Waals surface area contributed by atoms with Crippen LogP contribution in [0.1, 0.15) is 34.2 Å². The van der Waals surface area contributed by atoms with Crippen LogP contribution in [-0.4, -0.2) is 39.8 Å². The van der Waals surface area contributed by atoms with Crippen LogP contribution in [0.4, 0.5) is 4.79 Å². The second-order valence-electron chi connectivity index (χ2n) is 5.93. The maximum Gasteiger partial charge on any atom is 0.359 e. The first kappa shape index (κ1) is 17.0. The SMILES string of the molecule is CCOC(=O)c1nn(C)c2c1CN(C(=O)NCc1ccccc1)CC2. The summed E-state index contributed by atoms with van der Waals surface area (Å²) in [5.41, 5.74) is 3.11. The minimum atomic E-state index is -0.439. The topological polar surface area (TPSA) is 76.5 Å². The molecule has 0 saturated heterocycles. The molecular weight excluding hydrogens is 320 g/mol. The molecule has 0 radical (unpaired) electrons. The molecule has 1 aliphatic rings. The van der Waals surface area contributed by atoms with Crippen LogP contribution in [0.2, 0.25) is 0 Å². The summed E-state index contributed by atoms with van der Waals surface area (Å²) in [5.74, 6) is -0.439. The third kappa shape index (κ3) is 3.65. The van der Waals surface area contributed by atoms with E-state index < -0.39 is 5.97 Å². The molecule has 0 bridgehead atoms. The summed E-state index contributed by atoms with van der Waals surface area (Å²) in [7, 11) is 1.81. The summed E-state index contributed by atoms with van der Waals surface area (Å²) in [5, 5.41) is 7.21. The number of urea groups is 1. The molecule has 1 aromatic carbocycles. The number of esters is 1. The Kier molecular flexibility index (Phi) is 5.02. The summed E-state index contributed by atoms with van der Waals surface area (Å²) < 4.78 is 6.78. The van der Waals surface area contributed by atoms with Crippen LogP contribution >= 0.6 is 0 Å². The highest BCUT2D eigenvalue weighted by atomic mass is 16.5. The number of nitrogens with one attached hydrogen (secondary N) is 1. The molecule has 1 aliphatic heterocycles. The Morgan fingerprint density at radius 2 is 2.04 bits per heavy atom. The fourth-order valence-electron chi connectivity index (χ4n) is 3.01. The van der Waals surface area contributed by atoms with Crippen LogP contribution in [0.3, 0.4) is 0 Å². The standard InChI is InChI=1S/C18H22N4O3/c1-3-25-17(23)16-14-12-22(10-9-15(14)21(2)20-16)18(24)19-11-13-7-5-4-6-8-13/h4-8H,3,9-12H2,1-2H3,(H,19,24). The number of carbonyl (C=O) groups excluding carboxylic acids is 2. The molecule has 1 aromatic heterocycles. The van der Waals surface area contributed by atoms with E-state index in [0.717, 1.165) is 16.8 Å². The molecule has 3 rings (SSSR count). The summed E-state index contributed by atoms with van der Waals surface area (Å²) in [6.07, 6.45) is 0.664. The number of rotatable bonds is 4. The Labute approximate surface area is 146 Å². The van der Waals surface area contributed by atoms with Gasteiger partial charge in [-0.1, -0.05) is 30.3 Å². The Bertz CT molecular complexity index is 770. The minimum absolute atomic E-state index is 0.145. The Morgan fingerprint density at radius 3 is 2.76 bits per heavy atom. The highest BCUT2D eigenvalue weighted by Crippen LogP contribution is 2.23. The smallest absolute Gasteiger partial charge is 0.359 e. The average molecular weight is 342 g/mol. The summed E-state index contributed by atoms with van der Waals surface area (Å²) in [4.78, 5) is 26.3. The normalized spacial score (nSPS) is 13.3. The van der Waals surface area contributed by atoms with E-state index in [0.29, 0.717) is 38.4 Å². The van der Waals surface area contributed by atoms with Crippen LogP contribution in [0.25, 0.3) is 0 Å². The van der Waals surface area contributed by atoms with Crippen molar-refractivity contribution in [3.63, 3.8) is 0 Å². The van der Waals surface area contributed by atoms with Crippen LogP contribution in [-0.2, 0) is 31.3 Å². The van der Waals surface area contributed by atoms with Crippen molar-refractivity contribution < 1.29 is 14.3 Å². The van der Waals surface area contributed by atoms with Crippen LogP contribution in [0.5, 0.6) is 0 Å². The molecule has 1 N–H and O–H groups in total. The molecule has 7 nitrogen and oxygen atoms in total. The molecule has 0 unspecified atom stereocenters. The van der Waals surface area contributed by atoms with E-state index in [2.05, 4.69) is 10.4 Å². The van der Waals surface area contributed by atoms with Gasteiger partial charge in [0.15, 0.2) is 5.69 Å². The number of benzene rings is 1. The number of hydrogen-bond acceptors (Lipinski definition) is 4. The molecule has 0 fully saturated rings. The van der Waals surface area contributed by atoms with Gasteiger partial charge in [-0.2, -0.15) is 5.10 Å². The highest BCUT2D eigenvalue weighted by Gasteiger charge is 2.29. The largest absolute Gasteiger partial charge is 0.461 e. The number of ether oxygens (including phenoxy) is 1. The van der Waals surface area contributed by atoms with Crippen molar-refractivity contribution in [1.82, 2.24) is 20.0 Å². The monoisotopic (exact) mass is 342 g/mol. The van der Waals surface area contributed by atoms with Gasteiger partial charge in [0.25, 0.3) is 0 Å². The lowest BCUT2D eigenvalue weighted by atomic mass is 10.1. The molecule has 2 heterocycles. The second-order valence-corrected chi connectivity index (χ2v) is 5.93. The van der Waals surface area contributed by atoms with E-state index >= 15 is 0 Å². The zero-order valence-electron chi connectivity index (χ0n) is 14.5. The van der Waals surface area contributed by atoms with E-state index in [-0.39, 0.29) is 6.03 Å². The zero-order valence-corrected chi connectivity index (χ0v) is 14.5. The van der Waals surface area contributed by atoms with Crippen molar-refractivity contribution in [2.24, 2.45) is 7.05 Å². The van der Waals surface area contributed by atoms with Crippen molar-refractivity contribution in [3.05, 3.63) is 52.8 Å². The molecule has 0 saturated carbocycles. The van der Waals surface area contributed by atoms with Crippen LogP contribution in [0.15, 0.2) is 30.3 Å². The lowest BCUT2D eigenvalue weighted by Gasteiger charge is -2.27. The minimum Gasteiger partial charge on any atom is -0.461 e. The molecule has 0 spiro atoms. The number of aryl methyl sites for hydroxylation is 1. The van der Waals surface area contributed by atoms with Crippen molar-refractivity contribution in [3.8, 4) is 0 Å². The van der Waals surface area contributed by atoms with Gasteiger partial charge in [0.05, 0.1) is 13.2 Å². The molecule has 0 aliphatic carbocycles. The predicted molar refractivity (Wildman–Crippen MR) is 92.0 cm³/mol. The first-order valence-electron chi connectivity index (χ1n) is 8.38. The highest BCUT2D eigenvalue weighted by molar-refractivity contribution is 5.89.